The topological polar surface area (TPSA) is 68.8 Å². The van der Waals surface area contributed by atoms with Gasteiger partial charge in [0.05, 0.1) is 13.2 Å². The van der Waals surface area contributed by atoms with Crippen molar-refractivity contribution in [1.29, 1.82) is 0 Å². The van der Waals surface area contributed by atoms with Crippen LogP contribution in [-0.4, -0.2) is 39.4 Å². The molecule has 0 spiro atoms. The van der Waals surface area contributed by atoms with Crippen LogP contribution in [0.25, 0.3) is 0 Å². The zero-order valence-corrected chi connectivity index (χ0v) is 21.1. The molecule has 36 heavy (non-hydrogen) atoms. The Kier molecular flexibility index (Phi) is 9.77. The van der Waals surface area contributed by atoms with E-state index in [1.54, 1.807) is 7.11 Å². The summed E-state index contributed by atoms with van der Waals surface area (Å²) >= 11 is 0. The number of hydrogen-bond acceptors (Lipinski definition) is 5. The SMILES string of the molecule is COCCOc1cccc(CNC(=O)c2ccc3c(c2)Cc2cccc(c2)CNCCCCCO3)c1. The van der Waals surface area contributed by atoms with Gasteiger partial charge in [0, 0.05) is 32.2 Å². The highest BCUT2D eigenvalue weighted by atomic mass is 16.5. The van der Waals surface area contributed by atoms with Crippen molar-refractivity contribution in [2.24, 2.45) is 0 Å². The number of carbonyl (C=O) groups excluding carboxylic acids is 1. The molecular formula is C30H36N2O4. The van der Waals surface area contributed by atoms with E-state index in [2.05, 4.69) is 34.9 Å². The van der Waals surface area contributed by atoms with Crippen molar-refractivity contribution < 1.29 is 19.0 Å². The lowest BCUT2D eigenvalue weighted by Gasteiger charge is -2.15. The van der Waals surface area contributed by atoms with Crippen LogP contribution in [0.5, 0.6) is 11.5 Å². The first-order valence-electron chi connectivity index (χ1n) is 12.7. The van der Waals surface area contributed by atoms with E-state index in [0.29, 0.717) is 38.3 Å². The van der Waals surface area contributed by atoms with Gasteiger partial charge in [0.1, 0.15) is 18.1 Å². The first-order valence-corrected chi connectivity index (χ1v) is 12.7. The molecule has 3 aromatic carbocycles. The zero-order valence-electron chi connectivity index (χ0n) is 21.1. The Morgan fingerprint density at radius 1 is 0.972 bits per heavy atom. The van der Waals surface area contributed by atoms with Crippen LogP contribution >= 0.6 is 0 Å². The van der Waals surface area contributed by atoms with Gasteiger partial charge in [-0.3, -0.25) is 4.79 Å². The van der Waals surface area contributed by atoms with Crippen molar-refractivity contribution in [2.75, 3.05) is 33.5 Å². The van der Waals surface area contributed by atoms with Crippen LogP contribution in [-0.2, 0) is 24.2 Å². The van der Waals surface area contributed by atoms with Crippen molar-refractivity contribution in [3.63, 3.8) is 0 Å². The zero-order chi connectivity index (χ0) is 25.0. The molecule has 0 fully saturated rings. The summed E-state index contributed by atoms with van der Waals surface area (Å²) < 4.78 is 16.9. The van der Waals surface area contributed by atoms with Crippen molar-refractivity contribution >= 4 is 5.91 Å². The third kappa shape index (κ3) is 7.83. The molecule has 0 unspecified atom stereocenters. The lowest BCUT2D eigenvalue weighted by atomic mass is 9.99. The minimum Gasteiger partial charge on any atom is -0.493 e. The van der Waals surface area contributed by atoms with E-state index in [0.717, 1.165) is 55.0 Å². The van der Waals surface area contributed by atoms with Gasteiger partial charge < -0.3 is 24.8 Å². The lowest BCUT2D eigenvalue weighted by molar-refractivity contribution is 0.0950. The number of hydrogen-bond donors (Lipinski definition) is 2. The quantitative estimate of drug-likeness (QED) is 0.464. The number of fused-ring (bicyclic) bond motifs is 3. The summed E-state index contributed by atoms with van der Waals surface area (Å²) in [6, 6.07) is 22.1. The molecule has 4 rings (SSSR count). The van der Waals surface area contributed by atoms with Gasteiger partial charge in [0.15, 0.2) is 0 Å². The highest BCUT2D eigenvalue weighted by molar-refractivity contribution is 5.94. The Bertz CT molecular complexity index is 1130. The van der Waals surface area contributed by atoms with Crippen LogP contribution in [0, 0.1) is 0 Å². The van der Waals surface area contributed by atoms with Crippen LogP contribution in [0.4, 0.5) is 0 Å². The smallest absolute Gasteiger partial charge is 0.251 e. The molecule has 0 radical (unpaired) electrons. The molecular weight excluding hydrogens is 452 g/mol. The molecule has 6 nitrogen and oxygen atoms in total. The Morgan fingerprint density at radius 3 is 2.78 bits per heavy atom. The van der Waals surface area contributed by atoms with Gasteiger partial charge >= 0.3 is 0 Å². The molecule has 0 aliphatic carbocycles. The van der Waals surface area contributed by atoms with Crippen LogP contribution in [0.2, 0.25) is 0 Å². The maximum atomic E-state index is 13.0. The Labute approximate surface area is 214 Å². The van der Waals surface area contributed by atoms with Gasteiger partial charge in [-0.05, 0) is 78.4 Å². The number of benzene rings is 3. The first kappa shape index (κ1) is 25.7. The van der Waals surface area contributed by atoms with Gasteiger partial charge in [0.25, 0.3) is 5.91 Å². The second-order valence-corrected chi connectivity index (χ2v) is 9.08. The summed E-state index contributed by atoms with van der Waals surface area (Å²) in [6.07, 6.45) is 3.99. The molecule has 3 aromatic rings. The number of amides is 1. The molecule has 1 aliphatic rings. The van der Waals surface area contributed by atoms with Crippen molar-refractivity contribution in [3.8, 4) is 11.5 Å². The van der Waals surface area contributed by atoms with Crippen LogP contribution in [0.15, 0.2) is 66.7 Å². The normalized spacial score (nSPS) is 14.1. The Balaban J connectivity index is 1.46. The number of rotatable bonds is 7. The van der Waals surface area contributed by atoms with Gasteiger partial charge in [0.2, 0.25) is 0 Å². The molecule has 1 aliphatic heterocycles. The van der Waals surface area contributed by atoms with E-state index in [4.69, 9.17) is 14.2 Å². The summed E-state index contributed by atoms with van der Waals surface area (Å²) in [4.78, 5) is 13.0. The molecule has 1 heterocycles. The van der Waals surface area contributed by atoms with E-state index in [1.807, 2.05) is 42.5 Å². The van der Waals surface area contributed by atoms with Crippen molar-refractivity contribution in [2.45, 2.75) is 38.8 Å². The van der Waals surface area contributed by atoms with Crippen molar-refractivity contribution in [1.82, 2.24) is 10.6 Å². The molecule has 2 N–H and O–H groups in total. The van der Waals surface area contributed by atoms with Gasteiger partial charge in [-0.15, -0.1) is 0 Å². The number of ether oxygens (including phenoxy) is 3. The van der Waals surface area contributed by atoms with Crippen LogP contribution < -0.4 is 20.1 Å². The summed E-state index contributed by atoms with van der Waals surface area (Å²) in [5, 5.41) is 6.57. The van der Waals surface area contributed by atoms with Gasteiger partial charge in [-0.2, -0.15) is 0 Å². The minimum absolute atomic E-state index is 0.110. The largest absolute Gasteiger partial charge is 0.493 e. The van der Waals surface area contributed by atoms with Crippen molar-refractivity contribution in [3.05, 3.63) is 94.5 Å². The highest BCUT2D eigenvalue weighted by Crippen LogP contribution is 2.25. The lowest BCUT2D eigenvalue weighted by Crippen LogP contribution is -2.23. The number of nitrogens with one attached hydrogen (secondary N) is 2. The standard InChI is InChI=1S/C30H36N2O4/c1-34-15-16-35-28-10-6-9-25(19-28)22-32-30(33)26-11-12-29-27(20-26)18-23-7-5-8-24(17-23)21-31-13-3-2-4-14-36-29/h5-12,17,19-20,31H,2-4,13-16,18,21-22H2,1H3,(H,32,33). The minimum atomic E-state index is -0.110. The Morgan fingerprint density at radius 2 is 1.86 bits per heavy atom. The first-order chi connectivity index (χ1) is 17.7. The van der Waals surface area contributed by atoms with E-state index in [-0.39, 0.29) is 5.91 Å². The van der Waals surface area contributed by atoms with E-state index >= 15 is 0 Å². The molecule has 0 saturated carbocycles. The summed E-state index contributed by atoms with van der Waals surface area (Å²) in [6.45, 7) is 4.01. The van der Waals surface area contributed by atoms with Gasteiger partial charge in [-0.25, -0.2) is 0 Å². The summed E-state index contributed by atoms with van der Waals surface area (Å²) in [5.74, 6) is 1.51. The summed E-state index contributed by atoms with van der Waals surface area (Å²) in [5.41, 5.74) is 5.11. The fraction of sp³-hybridized carbons (Fsp3) is 0.367. The summed E-state index contributed by atoms with van der Waals surface area (Å²) in [7, 11) is 1.65. The van der Waals surface area contributed by atoms with Gasteiger partial charge in [-0.1, -0.05) is 36.4 Å². The second kappa shape index (κ2) is 13.7. The second-order valence-electron chi connectivity index (χ2n) is 9.08. The highest BCUT2D eigenvalue weighted by Gasteiger charge is 2.13. The Hall–Kier alpha value is -3.35. The molecule has 0 aromatic heterocycles. The number of carbonyl (C=O) groups is 1. The maximum absolute atomic E-state index is 13.0. The molecule has 190 valence electrons. The molecule has 2 bridgehead atoms. The fourth-order valence-electron chi connectivity index (χ4n) is 4.29. The molecule has 0 saturated heterocycles. The predicted octanol–water partition coefficient (Wildman–Crippen LogP) is 4.88. The van der Waals surface area contributed by atoms with E-state index in [9.17, 15) is 4.79 Å². The van der Waals surface area contributed by atoms with E-state index < -0.39 is 0 Å². The van der Waals surface area contributed by atoms with Crippen LogP contribution in [0.1, 0.15) is 51.9 Å². The average Bonchev–Trinajstić information content (AvgIpc) is 2.90. The third-order valence-corrected chi connectivity index (χ3v) is 6.20. The average molecular weight is 489 g/mol. The van der Waals surface area contributed by atoms with Crippen LogP contribution in [0.3, 0.4) is 0 Å². The molecule has 0 atom stereocenters. The fourth-order valence-corrected chi connectivity index (χ4v) is 4.29. The maximum Gasteiger partial charge on any atom is 0.251 e. The number of methoxy groups -OCH3 is 1. The predicted molar refractivity (Wildman–Crippen MR) is 142 cm³/mol. The molecule has 6 heteroatoms. The third-order valence-electron chi connectivity index (χ3n) is 6.20. The molecule has 1 amide bonds. The van der Waals surface area contributed by atoms with E-state index in [1.165, 1.54) is 11.1 Å². The monoisotopic (exact) mass is 488 g/mol.